The standard InChI is InChI=1S/C26H24N2O7/c1-28(2)20-15-13-19(14-16-20)27-23(29)21(34-25(32)17-9-5-3-6-10-17)22(24(30)31)35-26(33)18-11-7-4-8-12-18/h3-16,21-22H,1-2H3,(H,27,29)(H,30,31)/t21-,22-/m1/s1. The molecule has 1 amide bonds. The van der Waals surface area contributed by atoms with E-state index >= 15 is 0 Å². The Kier molecular flexibility index (Phi) is 8.18. The van der Waals surface area contributed by atoms with Gasteiger partial charge in [-0.05, 0) is 48.5 Å². The smallest absolute Gasteiger partial charge is 0.349 e. The van der Waals surface area contributed by atoms with Crippen molar-refractivity contribution in [1.29, 1.82) is 0 Å². The van der Waals surface area contributed by atoms with Crippen LogP contribution in [0.1, 0.15) is 20.7 Å². The number of carbonyl (C=O) groups is 4. The summed E-state index contributed by atoms with van der Waals surface area (Å²) in [6, 6.07) is 22.1. The first-order valence-corrected chi connectivity index (χ1v) is 10.6. The lowest BCUT2D eigenvalue weighted by atomic mass is 10.1. The quantitative estimate of drug-likeness (QED) is 0.452. The number of carbonyl (C=O) groups excluding carboxylic acids is 3. The summed E-state index contributed by atoms with van der Waals surface area (Å²) in [5.41, 5.74) is 1.38. The fourth-order valence-electron chi connectivity index (χ4n) is 3.07. The lowest BCUT2D eigenvalue weighted by molar-refractivity contribution is -0.157. The number of rotatable bonds is 9. The summed E-state index contributed by atoms with van der Waals surface area (Å²) in [4.78, 5) is 52.2. The molecule has 0 fully saturated rings. The molecular weight excluding hydrogens is 452 g/mol. The molecule has 0 aliphatic rings. The molecule has 0 unspecified atom stereocenters. The molecule has 9 nitrogen and oxygen atoms in total. The second kappa shape index (κ2) is 11.5. The molecule has 0 aliphatic carbocycles. The number of esters is 2. The van der Waals surface area contributed by atoms with Crippen LogP contribution in [-0.2, 0) is 19.1 Å². The molecule has 0 heterocycles. The normalized spacial score (nSPS) is 12.1. The number of hydrogen-bond donors (Lipinski definition) is 2. The maximum atomic E-state index is 13.1. The van der Waals surface area contributed by atoms with Gasteiger partial charge in [0.15, 0.2) is 0 Å². The highest BCUT2D eigenvalue weighted by atomic mass is 16.6. The average Bonchev–Trinajstić information content (AvgIpc) is 2.87. The molecule has 35 heavy (non-hydrogen) atoms. The van der Waals surface area contributed by atoms with Gasteiger partial charge in [-0.3, -0.25) is 4.79 Å². The van der Waals surface area contributed by atoms with Crippen LogP contribution in [0.2, 0.25) is 0 Å². The monoisotopic (exact) mass is 476 g/mol. The Labute approximate surface area is 201 Å². The Hall–Kier alpha value is -4.66. The predicted octanol–water partition coefficient (Wildman–Crippen LogP) is 3.23. The van der Waals surface area contributed by atoms with Gasteiger partial charge < -0.3 is 24.8 Å². The molecule has 0 spiro atoms. The third-order valence-electron chi connectivity index (χ3n) is 4.92. The van der Waals surface area contributed by atoms with E-state index in [2.05, 4.69) is 5.32 Å². The van der Waals surface area contributed by atoms with E-state index in [0.29, 0.717) is 5.69 Å². The highest BCUT2D eigenvalue weighted by molar-refractivity contribution is 6.01. The van der Waals surface area contributed by atoms with Gasteiger partial charge in [0.05, 0.1) is 11.1 Å². The number of anilines is 2. The van der Waals surface area contributed by atoms with E-state index in [1.807, 2.05) is 19.0 Å². The van der Waals surface area contributed by atoms with Crippen LogP contribution < -0.4 is 10.2 Å². The largest absolute Gasteiger partial charge is 0.478 e. The lowest BCUT2D eigenvalue weighted by Gasteiger charge is -2.23. The number of aliphatic carboxylic acids is 1. The Morgan fingerprint density at radius 2 is 1.17 bits per heavy atom. The highest BCUT2D eigenvalue weighted by Crippen LogP contribution is 2.18. The summed E-state index contributed by atoms with van der Waals surface area (Å²) >= 11 is 0. The highest BCUT2D eigenvalue weighted by Gasteiger charge is 2.41. The van der Waals surface area contributed by atoms with Gasteiger partial charge in [-0.25, -0.2) is 14.4 Å². The van der Waals surface area contributed by atoms with Gasteiger partial charge in [0, 0.05) is 25.5 Å². The molecular formula is C26H24N2O7. The van der Waals surface area contributed by atoms with Crippen molar-refractivity contribution < 1.29 is 33.8 Å². The van der Waals surface area contributed by atoms with Gasteiger partial charge in [-0.2, -0.15) is 0 Å². The van der Waals surface area contributed by atoms with Crippen molar-refractivity contribution in [1.82, 2.24) is 0 Å². The van der Waals surface area contributed by atoms with Crippen molar-refractivity contribution in [2.75, 3.05) is 24.3 Å². The van der Waals surface area contributed by atoms with Crippen LogP contribution in [0.5, 0.6) is 0 Å². The first-order chi connectivity index (χ1) is 16.8. The third-order valence-corrected chi connectivity index (χ3v) is 4.92. The van der Waals surface area contributed by atoms with Crippen molar-refractivity contribution in [3.8, 4) is 0 Å². The molecule has 2 N–H and O–H groups in total. The summed E-state index contributed by atoms with van der Waals surface area (Å²) in [6.45, 7) is 0. The van der Waals surface area contributed by atoms with Crippen LogP contribution >= 0.6 is 0 Å². The van der Waals surface area contributed by atoms with Crippen molar-refractivity contribution in [2.45, 2.75) is 12.2 Å². The first kappa shape index (κ1) is 25.0. The number of carboxylic acids is 1. The predicted molar refractivity (Wildman–Crippen MR) is 128 cm³/mol. The Bertz CT molecular complexity index is 1180. The average molecular weight is 476 g/mol. The Balaban J connectivity index is 1.88. The van der Waals surface area contributed by atoms with Crippen LogP contribution in [0.25, 0.3) is 0 Å². The maximum Gasteiger partial charge on any atom is 0.349 e. The van der Waals surface area contributed by atoms with E-state index in [9.17, 15) is 24.3 Å². The molecule has 9 heteroatoms. The molecule has 0 radical (unpaired) electrons. The zero-order chi connectivity index (χ0) is 25.4. The molecule has 0 saturated carbocycles. The van der Waals surface area contributed by atoms with Crippen LogP contribution in [0.4, 0.5) is 11.4 Å². The fraction of sp³-hybridized carbons (Fsp3) is 0.154. The van der Waals surface area contributed by atoms with Crippen molar-refractivity contribution in [3.63, 3.8) is 0 Å². The second-order valence-corrected chi connectivity index (χ2v) is 7.65. The van der Waals surface area contributed by atoms with Crippen molar-refractivity contribution in [3.05, 3.63) is 96.1 Å². The van der Waals surface area contributed by atoms with E-state index in [1.54, 1.807) is 60.7 Å². The van der Waals surface area contributed by atoms with Gasteiger partial charge in [-0.15, -0.1) is 0 Å². The molecule has 3 rings (SSSR count). The van der Waals surface area contributed by atoms with Gasteiger partial charge in [-0.1, -0.05) is 36.4 Å². The number of carboxylic acid groups (broad SMARTS) is 1. The molecule has 0 saturated heterocycles. The van der Waals surface area contributed by atoms with Gasteiger partial charge in [0.25, 0.3) is 5.91 Å². The molecule has 3 aromatic carbocycles. The Morgan fingerprint density at radius 3 is 1.60 bits per heavy atom. The van der Waals surface area contributed by atoms with Crippen LogP contribution in [0, 0.1) is 0 Å². The second-order valence-electron chi connectivity index (χ2n) is 7.65. The third kappa shape index (κ3) is 6.67. The zero-order valence-corrected chi connectivity index (χ0v) is 19.1. The van der Waals surface area contributed by atoms with E-state index in [1.165, 1.54) is 24.3 Å². The number of hydrogen-bond acceptors (Lipinski definition) is 7. The summed E-state index contributed by atoms with van der Waals surface area (Å²) in [5, 5.41) is 12.3. The molecule has 3 aromatic rings. The lowest BCUT2D eigenvalue weighted by Crippen LogP contribution is -2.48. The number of nitrogens with zero attached hydrogens (tertiary/aromatic N) is 1. The molecule has 0 aromatic heterocycles. The molecule has 0 bridgehead atoms. The number of benzene rings is 3. The van der Waals surface area contributed by atoms with Crippen LogP contribution in [-0.4, -0.2) is 55.2 Å². The molecule has 0 aliphatic heterocycles. The van der Waals surface area contributed by atoms with Gasteiger partial charge in [0.2, 0.25) is 12.2 Å². The van der Waals surface area contributed by atoms with E-state index in [0.717, 1.165) is 5.69 Å². The maximum absolute atomic E-state index is 13.1. The summed E-state index contributed by atoms with van der Waals surface area (Å²) in [6.07, 6.45) is -4.07. The summed E-state index contributed by atoms with van der Waals surface area (Å²) < 4.78 is 10.4. The van der Waals surface area contributed by atoms with Crippen molar-refractivity contribution >= 4 is 35.2 Å². The molecule has 180 valence electrons. The van der Waals surface area contributed by atoms with Gasteiger partial charge in [0.1, 0.15) is 0 Å². The molecule has 2 atom stereocenters. The van der Waals surface area contributed by atoms with Gasteiger partial charge >= 0.3 is 17.9 Å². The number of ether oxygens (including phenoxy) is 2. The number of amides is 1. The van der Waals surface area contributed by atoms with E-state index < -0.39 is 36.0 Å². The summed E-state index contributed by atoms with van der Waals surface area (Å²) in [5.74, 6) is -4.56. The summed E-state index contributed by atoms with van der Waals surface area (Å²) in [7, 11) is 3.70. The SMILES string of the molecule is CN(C)c1ccc(NC(=O)[C@H](OC(=O)c2ccccc2)[C@@H](OC(=O)c2ccccc2)C(=O)O)cc1. The topological polar surface area (TPSA) is 122 Å². The van der Waals surface area contributed by atoms with E-state index in [-0.39, 0.29) is 11.1 Å². The Morgan fingerprint density at radius 1 is 0.714 bits per heavy atom. The minimum absolute atomic E-state index is 0.0755. The minimum atomic E-state index is -2.10. The number of nitrogens with one attached hydrogen (secondary N) is 1. The minimum Gasteiger partial charge on any atom is -0.478 e. The first-order valence-electron chi connectivity index (χ1n) is 10.6. The van der Waals surface area contributed by atoms with Crippen LogP contribution in [0.3, 0.4) is 0 Å². The fourth-order valence-corrected chi connectivity index (χ4v) is 3.07. The van der Waals surface area contributed by atoms with Crippen molar-refractivity contribution in [2.24, 2.45) is 0 Å². The van der Waals surface area contributed by atoms with Crippen LogP contribution in [0.15, 0.2) is 84.9 Å². The zero-order valence-electron chi connectivity index (χ0n) is 19.1. The van der Waals surface area contributed by atoms with E-state index in [4.69, 9.17) is 9.47 Å².